The third kappa shape index (κ3) is 2.84. The van der Waals surface area contributed by atoms with Crippen molar-refractivity contribution >= 4 is 26.0 Å². The molecule has 0 saturated heterocycles. The smallest absolute Gasteiger partial charge is 0.248 e. The number of benzene rings is 1. The lowest BCUT2D eigenvalue weighted by molar-refractivity contribution is -0.137. The van der Waals surface area contributed by atoms with E-state index in [4.69, 9.17) is 0 Å². The van der Waals surface area contributed by atoms with Gasteiger partial charge >= 0.3 is 6.18 Å². The quantitative estimate of drug-likeness (QED) is 0.828. The summed E-state index contributed by atoms with van der Waals surface area (Å²) in [5.74, 6) is 0. The van der Waals surface area contributed by atoms with Crippen molar-refractivity contribution in [3.63, 3.8) is 0 Å². The van der Waals surface area contributed by atoms with Crippen molar-refractivity contribution < 1.29 is 21.6 Å². The highest BCUT2D eigenvalue weighted by molar-refractivity contribution is 9.10. The molecule has 0 N–H and O–H groups in total. The van der Waals surface area contributed by atoms with Crippen LogP contribution in [-0.4, -0.2) is 12.4 Å². The van der Waals surface area contributed by atoms with E-state index in [9.17, 15) is 21.6 Å². The molecular formula is C11H7BrF3NO2S. The first-order chi connectivity index (χ1) is 8.71. The SMILES string of the molecule is O=S(=O)(c1ccc(C(F)(F)F)cc1)n1ccc(Br)c1. The van der Waals surface area contributed by atoms with Crippen LogP contribution in [0.5, 0.6) is 0 Å². The number of hydrogen-bond donors (Lipinski definition) is 0. The van der Waals surface area contributed by atoms with E-state index in [1.807, 2.05) is 0 Å². The second kappa shape index (κ2) is 4.68. The Morgan fingerprint density at radius 1 is 1.05 bits per heavy atom. The summed E-state index contributed by atoms with van der Waals surface area (Å²) in [5, 5.41) is 0. The Morgan fingerprint density at radius 3 is 2.05 bits per heavy atom. The van der Waals surface area contributed by atoms with Gasteiger partial charge in [-0.1, -0.05) is 0 Å². The van der Waals surface area contributed by atoms with E-state index in [1.165, 1.54) is 18.5 Å². The Bertz CT molecular complexity index is 689. The van der Waals surface area contributed by atoms with Gasteiger partial charge in [-0.2, -0.15) is 13.2 Å². The summed E-state index contributed by atoms with van der Waals surface area (Å²) in [7, 11) is -3.86. The summed E-state index contributed by atoms with van der Waals surface area (Å²) in [6, 6.07) is 4.87. The Hall–Kier alpha value is -1.28. The fourth-order valence-corrected chi connectivity index (χ4v) is 3.11. The maximum atomic E-state index is 12.4. The number of aromatic nitrogens is 1. The van der Waals surface area contributed by atoms with Crippen molar-refractivity contribution in [1.82, 2.24) is 3.97 Å². The molecule has 0 unspecified atom stereocenters. The molecule has 0 amide bonds. The molecule has 0 atom stereocenters. The van der Waals surface area contributed by atoms with Crippen LogP contribution < -0.4 is 0 Å². The van der Waals surface area contributed by atoms with Crippen LogP contribution >= 0.6 is 15.9 Å². The van der Waals surface area contributed by atoms with Crippen LogP contribution in [0.4, 0.5) is 13.2 Å². The zero-order valence-electron chi connectivity index (χ0n) is 9.23. The van der Waals surface area contributed by atoms with Crippen LogP contribution in [-0.2, 0) is 16.2 Å². The van der Waals surface area contributed by atoms with Crippen LogP contribution in [0.2, 0.25) is 0 Å². The van der Waals surface area contributed by atoms with E-state index in [-0.39, 0.29) is 4.90 Å². The van der Waals surface area contributed by atoms with Gasteiger partial charge in [0.1, 0.15) is 0 Å². The van der Waals surface area contributed by atoms with Crippen LogP contribution in [0.25, 0.3) is 0 Å². The minimum Gasteiger partial charge on any atom is -0.248 e. The summed E-state index contributed by atoms with van der Waals surface area (Å²) in [6.07, 6.45) is -1.87. The van der Waals surface area contributed by atoms with E-state index < -0.39 is 21.8 Å². The van der Waals surface area contributed by atoms with Crippen molar-refractivity contribution in [2.75, 3.05) is 0 Å². The highest BCUT2D eigenvalue weighted by atomic mass is 79.9. The Kier molecular flexibility index (Phi) is 3.48. The highest BCUT2D eigenvalue weighted by Gasteiger charge is 2.30. The van der Waals surface area contributed by atoms with Gasteiger partial charge in [0, 0.05) is 16.9 Å². The fraction of sp³-hybridized carbons (Fsp3) is 0.0909. The van der Waals surface area contributed by atoms with Gasteiger partial charge in [0.2, 0.25) is 0 Å². The number of alkyl halides is 3. The minimum atomic E-state index is -4.49. The molecule has 0 radical (unpaired) electrons. The summed E-state index contributed by atoms with van der Waals surface area (Å²) >= 11 is 3.10. The molecule has 0 aliphatic rings. The molecule has 8 heteroatoms. The zero-order valence-corrected chi connectivity index (χ0v) is 11.6. The van der Waals surface area contributed by atoms with E-state index >= 15 is 0 Å². The van der Waals surface area contributed by atoms with E-state index in [1.54, 1.807) is 0 Å². The molecule has 0 saturated carbocycles. The minimum absolute atomic E-state index is 0.205. The first kappa shape index (κ1) is 14.1. The van der Waals surface area contributed by atoms with Crippen LogP contribution in [0, 0.1) is 0 Å². The molecule has 0 aliphatic heterocycles. The van der Waals surface area contributed by atoms with Gasteiger partial charge in [-0.05, 0) is 46.3 Å². The van der Waals surface area contributed by atoms with Crippen LogP contribution in [0.3, 0.4) is 0 Å². The van der Waals surface area contributed by atoms with Gasteiger partial charge in [0.05, 0.1) is 10.5 Å². The third-order valence-electron chi connectivity index (χ3n) is 2.39. The predicted molar refractivity (Wildman–Crippen MR) is 66.2 cm³/mol. The molecule has 1 aromatic carbocycles. The molecule has 1 heterocycles. The Labute approximate surface area is 115 Å². The predicted octanol–water partition coefficient (Wildman–Crippen LogP) is 3.51. The first-order valence-corrected chi connectivity index (χ1v) is 7.21. The Balaban J connectivity index is 2.43. The van der Waals surface area contributed by atoms with Crippen molar-refractivity contribution in [3.8, 4) is 0 Å². The lowest BCUT2D eigenvalue weighted by Crippen LogP contribution is -2.11. The summed E-state index contributed by atoms with van der Waals surface area (Å²) in [4.78, 5) is -0.205. The largest absolute Gasteiger partial charge is 0.416 e. The molecule has 1 aromatic heterocycles. The van der Waals surface area contributed by atoms with Gasteiger partial charge in [-0.25, -0.2) is 12.4 Å². The van der Waals surface area contributed by atoms with Crippen molar-refractivity contribution in [3.05, 3.63) is 52.8 Å². The van der Waals surface area contributed by atoms with E-state index in [0.29, 0.717) is 4.47 Å². The van der Waals surface area contributed by atoms with Crippen molar-refractivity contribution in [1.29, 1.82) is 0 Å². The molecule has 2 aromatic rings. The number of halogens is 4. The first-order valence-electron chi connectivity index (χ1n) is 4.97. The van der Waals surface area contributed by atoms with E-state index in [0.717, 1.165) is 28.2 Å². The van der Waals surface area contributed by atoms with Gasteiger partial charge in [-0.3, -0.25) is 0 Å². The second-order valence-electron chi connectivity index (χ2n) is 3.69. The molecule has 19 heavy (non-hydrogen) atoms. The summed E-state index contributed by atoms with van der Waals surface area (Å²) in [5.41, 5.74) is -0.889. The van der Waals surface area contributed by atoms with Crippen LogP contribution in [0.1, 0.15) is 5.56 Å². The lowest BCUT2D eigenvalue weighted by atomic mass is 10.2. The summed E-state index contributed by atoms with van der Waals surface area (Å²) in [6.45, 7) is 0. The molecule has 2 rings (SSSR count). The molecular weight excluding hydrogens is 347 g/mol. The van der Waals surface area contributed by atoms with Gasteiger partial charge in [0.25, 0.3) is 10.0 Å². The summed E-state index contributed by atoms with van der Waals surface area (Å²) < 4.78 is 62.8. The maximum absolute atomic E-state index is 12.4. The Morgan fingerprint density at radius 2 is 1.63 bits per heavy atom. The number of nitrogens with zero attached hydrogens (tertiary/aromatic N) is 1. The highest BCUT2D eigenvalue weighted by Crippen LogP contribution is 2.30. The molecule has 0 aliphatic carbocycles. The molecule has 0 fully saturated rings. The number of hydrogen-bond acceptors (Lipinski definition) is 2. The molecule has 3 nitrogen and oxygen atoms in total. The maximum Gasteiger partial charge on any atom is 0.416 e. The fourth-order valence-electron chi connectivity index (χ4n) is 1.44. The molecule has 102 valence electrons. The lowest BCUT2D eigenvalue weighted by Gasteiger charge is -2.08. The van der Waals surface area contributed by atoms with Gasteiger partial charge in [-0.15, -0.1) is 0 Å². The van der Waals surface area contributed by atoms with Gasteiger partial charge in [0.15, 0.2) is 0 Å². The average molecular weight is 354 g/mol. The topological polar surface area (TPSA) is 39.1 Å². The molecule has 0 bridgehead atoms. The van der Waals surface area contributed by atoms with E-state index in [2.05, 4.69) is 15.9 Å². The average Bonchev–Trinajstić information content (AvgIpc) is 2.76. The monoisotopic (exact) mass is 353 g/mol. The molecule has 0 spiro atoms. The van der Waals surface area contributed by atoms with Gasteiger partial charge < -0.3 is 0 Å². The van der Waals surface area contributed by atoms with Crippen molar-refractivity contribution in [2.45, 2.75) is 11.1 Å². The second-order valence-corrected chi connectivity index (χ2v) is 6.45. The number of rotatable bonds is 2. The third-order valence-corrected chi connectivity index (χ3v) is 4.51. The van der Waals surface area contributed by atoms with Crippen LogP contribution in [0.15, 0.2) is 52.1 Å². The zero-order chi connectivity index (χ0) is 14.3. The van der Waals surface area contributed by atoms with Crippen molar-refractivity contribution in [2.24, 2.45) is 0 Å². The normalized spacial score (nSPS) is 12.6. The standard InChI is InChI=1S/C11H7BrF3NO2S/c12-9-5-6-16(7-9)19(17,18)10-3-1-8(2-4-10)11(13,14)15/h1-7H.